The number of aromatic nitrogens is 1. The number of aryl methyl sites for hydroxylation is 1. The summed E-state index contributed by atoms with van der Waals surface area (Å²) in [6.07, 6.45) is 0.629. The molecule has 128 valence electrons. The van der Waals surface area contributed by atoms with E-state index >= 15 is 0 Å². The molecule has 0 unspecified atom stereocenters. The van der Waals surface area contributed by atoms with Crippen LogP contribution in [0.4, 0.5) is 10.1 Å². The number of carboxylic acid groups (broad SMARTS) is 1. The summed E-state index contributed by atoms with van der Waals surface area (Å²) in [5.41, 5.74) is 3.72. The number of carboxylic acids is 1. The minimum absolute atomic E-state index is 0.154. The number of hydrogen-bond acceptors (Lipinski definition) is 3. The number of nitrogens with one attached hydrogen (secondary N) is 1. The average molecular weight is 338 g/mol. The molecule has 0 aliphatic carbocycles. The maximum atomic E-state index is 13.7. The summed E-state index contributed by atoms with van der Waals surface area (Å²) in [5.74, 6) is -1.31. The molecule has 0 amide bonds. The number of pyridine rings is 1. The Balaban J connectivity index is 1.97. The first-order valence-corrected chi connectivity index (χ1v) is 8.13. The van der Waals surface area contributed by atoms with Crippen molar-refractivity contribution in [2.45, 2.75) is 19.8 Å². The van der Waals surface area contributed by atoms with Crippen LogP contribution in [0.25, 0.3) is 10.9 Å². The number of fused-ring (bicyclic) bond motifs is 1. The highest BCUT2D eigenvalue weighted by atomic mass is 19.1. The van der Waals surface area contributed by atoms with Crippen molar-refractivity contribution in [1.29, 1.82) is 0 Å². The van der Waals surface area contributed by atoms with E-state index in [1.807, 2.05) is 30.3 Å². The number of hydrogen-bond donors (Lipinski definition) is 2. The van der Waals surface area contributed by atoms with Gasteiger partial charge >= 0.3 is 5.97 Å². The van der Waals surface area contributed by atoms with Crippen LogP contribution in [-0.2, 0) is 17.6 Å². The second-order valence-electron chi connectivity index (χ2n) is 5.95. The van der Waals surface area contributed by atoms with Crippen LogP contribution in [0.3, 0.4) is 0 Å². The standard InChI is InChI=1S/C20H19FN2O2/c1-13-16(12-19(24)25)20(17-11-15(21)7-8-18(17)23-13)22-10-9-14-5-3-2-4-6-14/h2-8,11H,9-10,12H2,1H3,(H,22,23)(H,24,25). The van der Waals surface area contributed by atoms with E-state index in [0.29, 0.717) is 34.4 Å². The molecule has 4 nitrogen and oxygen atoms in total. The van der Waals surface area contributed by atoms with Gasteiger partial charge in [-0.1, -0.05) is 30.3 Å². The monoisotopic (exact) mass is 338 g/mol. The van der Waals surface area contributed by atoms with Gasteiger partial charge in [-0.25, -0.2) is 4.39 Å². The van der Waals surface area contributed by atoms with E-state index in [-0.39, 0.29) is 12.2 Å². The highest BCUT2D eigenvalue weighted by Gasteiger charge is 2.15. The van der Waals surface area contributed by atoms with Crippen molar-refractivity contribution in [3.63, 3.8) is 0 Å². The molecule has 5 heteroatoms. The Morgan fingerprint density at radius 1 is 1.20 bits per heavy atom. The van der Waals surface area contributed by atoms with E-state index in [4.69, 9.17) is 0 Å². The Kier molecular flexibility index (Phi) is 4.93. The first-order valence-electron chi connectivity index (χ1n) is 8.13. The summed E-state index contributed by atoms with van der Waals surface area (Å²) in [6.45, 7) is 2.40. The van der Waals surface area contributed by atoms with Crippen molar-refractivity contribution in [1.82, 2.24) is 4.98 Å². The van der Waals surface area contributed by atoms with Gasteiger partial charge in [0.2, 0.25) is 0 Å². The van der Waals surface area contributed by atoms with Gasteiger partial charge in [0.25, 0.3) is 0 Å². The summed E-state index contributed by atoms with van der Waals surface area (Å²) >= 11 is 0. The van der Waals surface area contributed by atoms with Crippen LogP contribution in [0.2, 0.25) is 0 Å². The molecule has 0 fully saturated rings. The Hall–Kier alpha value is -2.95. The maximum absolute atomic E-state index is 13.7. The SMILES string of the molecule is Cc1nc2ccc(F)cc2c(NCCc2ccccc2)c1CC(=O)O. The Bertz CT molecular complexity index is 910. The second-order valence-corrected chi connectivity index (χ2v) is 5.95. The Labute approximate surface area is 145 Å². The molecule has 3 aromatic rings. The van der Waals surface area contributed by atoms with E-state index in [2.05, 4.69) is 10.3 Å². The lowest BCUT2D eigenvalue weighted by atomic mass is 10.0. The molecule has 1 aromatic heterocycles. The van der Waals surface area contributed by atoms with Gasteiger partial charge in [0, 0.05) is 28.9 Å². The number of aliphatic carboxylic acids is 1. The molecule has 0 saturated heterocycles. The number of rotatable bonds is 6. The van der Waals surface area contributed by atoms with E-state index in [9.17, 15) is 14.3 Å². The van der Waals surface area contributed by atoms with E-state index in [1.165, 1.54) is 17.7 Å². The zero-order chi connectivity index (χ0) is 17.8. The molecule has 2 aromatic carbocycles. The molecule has 0 aliphatic heterocycles. The van der Waals surface area contributed by atoms with Gasteiger partial charge in [-0.15, -0.1) is 0 Å². The van der Waals surface area contributed by atoms with Gasteiger partial charge < -0.3 is 10.4 Å². The van der Waals surface area contributed by atoms with Crippen molar-refractivity contribution < 1.29 is 14.3 Å². The first kappa shape index (κ1) is 16.9. The summed E-state index contributed by atoms with van der Waals surface area (Å²) in [6, 6.07) is 14.4. The van der Waals surface area contributed by atoms with Crippen LogP contribution in [0.5, 0.6) is 0 Å². The van der Waals surface area contributed by atoms with Crippen LogP contribution in [0, 0.1) is 12.7 Å². The third kappa shape index (κ3) is 3.94. The van der Waals surface area contributed by atoms with Crippen molar-refractivity contribution in [2.75, 3.05) is 11.9 Å². The molecule has 0 bridgehead atoms. The van der Waals surface area contributed by atoms with E-state index < -0.39 is 5.97 Å². The normalized spacial score (nSPS) is 10.8. The van der Waals surface area contributed by atoms with Crippen LogP contribution in [0.1, 0.15) is 16.8 Å². The second kappa shape index (κ2) is 7.30. The minimum atomic E-state index is -0.938. The highest BCUT2D eigenvalue weighted by molar-refractivity contribution is 5.95. The third-order valence-electron chi connectivity index (χ3n) is 4.14. The lowest BCUT2D eigenvalue weighted by Crippen LogP contribution is -2.12. The largest absolute Gasteiger partial charge is 0.481 e. The summed E-state index contributed by atoms with van der Waals surface area (Å²) < 4.78 is 13.7. The highest BCUT2D eigenvalue weighted by Crippen LogP contribution is 2.29. The lowest BCUT2D eigenvalue weighted by Gasteiger charge is -2.16. The van der Waals surface area contributed by atoms with Crippen molar-refractivity contribution in [2.24, 2.45) is 0 Å². The van der Waals surface area contributed by atoms with Crippen molar-refractivity contribution in [3.8, 4) is 0 Å². The van der Waals surface area contributed by atoms with E-state index in [1.54, 1.807) is 13.0 Å². The fourth-order valence-electron chi connectivity index (χ4n) is 2.94. The summed E-state index contributed by atoms with van der Waals surface area (Å²) in [4.78, 5) is 15.7. The van der Waals surface area contributed by atoms with E-state index in [0.717, 1.165) is 6.42 Å². The molecule has 0 atom stereocenters. The molecule has 0 saturated carbocycles. The van der Waals surface area contributed by atoms with Crippen LogP contribution < -0.4 is 5.32 Å². The summed E-state index contributed by atoms with van der Waals surface area (Å²) in [5, 5.41) is 13.1. The average Bonchev–Trinajstić information content (AvgIpc) is 2.59. The molecule has 0 radical (unpaired) electrons. The lowest BCUT2D eigenvalue weighted by molar-refractivity contribution is -0.136. The van der Waals surface area contributed by atoms with Gasteiger partial charge in [0.05, 0.1) is 11.9 Å². The predicted molar refractivity (Wildman–Crippen MR) is 96.4 cm³/mol. The molecular weight excluding hydrogens is 319 g/mol. The van der Waals surface area contributed by atoms with Gasteiger partial charge in [0.1, 0.15) is 5.82 Å². The minimum Gasteiger partial charge on any atom is -0.481 e. The first-order chi connectivity index (χ1) is 12.0. The topological polar surface area (TPSA) is 62.2 Å². The molecule has 1 heterocycles. The number of benzene rings is 2. The van der Waals surface area contributed by atoms with Gasteiger partial charge in [0.15, 0.2) is 0 Å². The quantitative estimate of drug-likeness (QED) is 0.714. The summed E-state index contributed by atoms with van der Waals surface area (Å²) in [7, 11) is 0. The van der Waals surface area contributed by atoms with Gasteiger partial charge in [-0.2, -0.15) is 0 Å². The molecule has 0 aliphatic rings. The predicted octanol–water partition coefficient (Wildman–Crippen LogP) is 3.96. The molecule has 25 heavy (non-hydrogen) atoms. The molecule has 2 N–H and O–H groups in total. The Morgan fingerprint density at radius 3 is 2.68 bits per heavy atom. The number of carbonyl (C=O) groups is 1. The van der Waals surface area contributed by atoms with Crippen molar-refractivity contribution in [3.05, 3.63) is 71.2 Å². The fraction of sp³-hybridized carbons (Fsp3) is 0.200. The van der Waals surface area contributed by atoms with Crippen LogP contribution >= 0.6 is 0 Å². The molecule has 0 spiro atoms. The number of anilines is 1. The maximum Gasteiger partial charge on any atom is 0.307 e. The van der Waals surface area contributed by atoms with Crippen molar-refractivity contribution >= 4 is 22.6 Å². The number of nitrogens with zero attached hydrogens (tertiary/aromatic N) is 1. The molecule has 3 rings (SSSR count). The van der Waals surface area contributed by atoms with Crippen LogP contribution in [-0.4, -0.2) is 22.6 Å². The zero-order valence-corrected chi connectivity index (χ0v) is 13.9. The van der Waals surface area contributed by atoms with Gasteiger partial charge in [-0.3, -0.25) is 9.78 Å². The van der Waals surface area contributed by atoms with Crippen LogP contribution in [0.15, 0.2) is 48.5 Å². The number of halogens is 1. The zero-order valence-electron chi connectivity index (χ0n) is 13.9. The third-order valence-corrected chi connectivity index (χ3v) is 4.14. The fourth-order valence-corrected chi connectivity index (χ4v) is 2.94. The van der Waals surface area contributed by atoms with Gasteiger partial charge in [-0.05, 0) is 37.1 Å². The molecular formula is C20H19FN2O2. The Morgan fingerprint density at radius 2 is 1.96 bits per heavy atom. The smallest absolute Gasteiger partial charge is 0.307 e.